The van der Waals surface area contributed by atoms with Crippen LogP contribution in [0.2, 0.25) is 0 Å². The number of aldehydes is 1. The van der Waals surface area contributed by atoms with Crippen LogP contribution in [0.4, 0.5) is 0 Å². The van der Waals surface area contributed by atoms with E-state index in [1.165, 1.54) is 0 Å². The summed E-state index contributed by atoms with van der Waals surface area (Å²) in [5.74, 6) is 2.57. The first-order valence-electron chi connectivity index (χ1n) is 4.32. The second kappa shape index (κ2) is 3.39. The molecule has 0 unspecified atom stereocenters. The van der Waals surface area contributed by atoms with Crippen molar-refractivity contribution in [2.45, 2.75) is 6.54 Å². The maximum atomic E-state index is 10.6. The minimum absolute atomic E-state index is 0.534. The fourth-order valence-electron chi connectivity index (χ4n) is 1.51. The zero-order chi connectivity index (χ0) is 9.97. The van der Waals surface area contributed by atoms with Gasteiger partial charge in [-0.05, 0) is 17.5 Å². The van der Waals surface area contributed by atoms with E-state index in [9.17, 15) is 4.79 Å². The minimum Gasteiger partial charge on any atom is -0.336 e. The minimum atomic E-state index is 0.534. The van der Waals surface area contributed by atoms with Gasteiger partial charge in [0.2, 0.25) is 0 Å². The predicted molar refractivity (Wildman–Crippen MR) is 56.2 cm³/mol. The molecular weight excluding hydrogens is 174 g/mol. The molecule has 0 bridgehead atoms. The molecule has 0 atom stereocenters. The van der Waals surface area contributed by atoms with Gasteiger partial charge in [-0.1, -0.05) is 18.1 Å². The smallest absolute Gasteiger partial charge is 0.150 e. The van der Waals surface area contributed by atoms with Crippen molar-refractivity contribution >= 4 is 17.2 Å². The van der Waals surface area contributed by atoms with Crippen LogP contribution < -0.4 is 0 Å². The van der Waals surface area contributed by atoms with E-state index in [1.54, 1.807) is 6.07 Å². The normalized spacial score (nSPS) is 9.93. The highest BCUT2D eigenvalue weighted by Gasteiger charge is 2.00. The van der Waals surface area contributed by atoms with Gasteiger partial charge >= 0.3 is 0 Å². The topological polar surface area (TPSA) is 22.0 Å². The van der Waals surface area contributed by atoms with Crippen LogP contribution in [0.5, 0.6) is 0 Å². The van der Waals surface area contributed by atoms with E-state index in [1.807, 2.05) is 29.0 Å². The lowest BCUT2D eigenvalue weighted by Gasteiger charge is -1.99. The van der Waals surface area contributed by atoms with Gasteiger partial charge in [0.25, 0.3) is 0 Å². The summed E-state index contributed by atoms with van der Waals surface area (Å²) >= 11 is 0. The van der Waals surface area contributed by atoms with Crippen molar-refractivity contribution in [3.8, 4) is 12.3 Å². The zero-order valence-corrected chi connectivity index (χ0v) is 7.60. The lowest BCUT2D eigenvalue weighted by molar-refractivity contribution is 0.112. The van der Waals surface area contributed by atoms with Crippen LogP contribution in [0.25, 0.3) is 10.9 Å². The average molecular weight is 183 g/mol. The zero-order valence-electron chi connectivity index (χ0n) is 7.60. The van der Waals surface area contributed by atoms with Gasteiger partial charge < -0.3 is 4.57 Å². The van der Waals surface area contributed by atoms with Crippen LogP contribution in [-0.4, -0.2) is 10.9 Å². The van der Waals surface area contributed by atoms with Crippen molar-refractivity contribution in [3.05, 3.63) is 36.0 Å². The Morgan fingerprint density at radius 3 is 3.00 bits per heavy atom. The summed E-state index contributed by atoms with van der Waals surface area (Å²) < 4.78 is 1.95. The van der Waals surface area contributed by atoms with E-state index in [0.717, 1.165) is 17.2 Å². The van der Waals surface area contributed by atoms with Gasteiger partial charge in [0, 0.05) is 17.3 Å². The van der Waals surface area contributed by atoms with Crippen LogP contribution in [-0.2, 0) is 6.54 Å². The van der Waals surface area contributed by atoms with Gasteiger partial charge in [0.05, 0.1) is 6.54 Å². The third-order valence-corrected chi connectivity index (χ3v) is 2.20. The number of fused-ring (bicyclic) bond motifs is 1. The number of hydrogen-bond donors (Lipinski definition) is 0. The molecule has 14 heavy (non-hydrogen) atoms. The van der Waals surface area contributed by atoms with Gasteiger partial charge in [-0.2, -0.15) is 0 Å². The Morgan fingerprint density at radius 2 is 2.29 bits per heavy atom. The van der Waals surface area contributed by atoms with Crippen molar-refractivity contribution < 1.29 is 4.79 Å². The number of benzene rings is 1. The van der Waals surface area contributed by atoms with E-state index in [4.69, 9.17) is 6.42 Å². The molecule has 0 amide bonds. The Morgan fingerprint density at radius 1 is 1.43 bits per heavy atom. The molecule has 2 nitrogen and oxygen atoms in total. The first-order valence-corrected chi connectivity index (χ1v) is 4.32. The van der Waals surface area contributed by atoms with Crippen molar-refractivity contribution in [1.29, 1.82) is 0 Å². The van der Waals surface area contributed by atoms with Gasteiger partial charge in [0.15, 0.2) is 0 Å². The first-order chi connectivity index (χ1) is 6.85. The van der Waals surface area contributed by atoms with Crippen LogP contribution in [0.3, 0.4) is 0 Å². The standard InChI is InChI=1S/C12H9NO/c1-2-6-13-7-5-11-4-3-10(9-14)8-12(11)13/h1,3-5,7-9H,6H2. The Labute approximate surface area is 82.2 Å². The highest BCUT2D eigenvalue weighted by molar-refractivity contribution is 5.87. The number of rotatable bonds is 2. The summed E-state index contributed by atoms with van der Waals surface area (Å²) in [5.41, 5.74) is 1.68. The van der Waals surface area contributed by atoms with E-state index < -0.39 is 0 Å². The maximum Gasteiger partial charge on any atom is 0.150 e. The molecule has 2 rings (SSSR count). The summed E-state index contributed by atoms with van der Waals surface area (Å²) in [6.45, 7) is 0.534. The number of carbonyl (C=O) groups is 1. The van der Waals surface area contributed by atoms with Crippen molar-refractivity contribution in [3.63, 3.8) is 0 Å². The monoisotopic (exact) mass is 183 g/mol. The molecule has 0 aliphatic heterocycles. The molecule has 0 aliphatic rings. The molecule has 0 saturated heterocycles. The van der Waals surface area contributed by atoms with E-state index in [0.29, 0.717) is 12.1 Å². The number of aromatic nitrogens is 1. The summed E-state index contributed by atoms with van der Waals surface area (Å²) in [6, 6.07) is 7.56. The Balaban J connectivity index is 2.64. The predicted octanol–water partition coefficient (Wildman–Crippen LogP) is 2.09. The SMILES string of the molecule is C#CCn1ccc2ccc(C=O)cc21. The van der Waals surface area contributed by atoms with Crippen molar-refractivity contribution in [1.82, 2.24) is 4.57 Å². The van der Waals surface area contributed by atoms with Gasteiger partial charge in [-0.3, -0.25) is 4.79 Å². The van der Waals surface area contributed by atoms with Gasteiger partial charge in [0.1, 0.15) is 6.29 Å². The highest BCUT2D eigenvalue weighted by Crippen LogP contribution is 2.16. The summed E-state index contributed by atoms with van der Waals surface area (Å²) in [5, 5.41) is 1.10. The number of hydrogen-bond acceptors (Lipinski definition) is 1. The average Bonchev–Trinajstić information content (AvgIpc) is 2.61. The van der Waals surface area contributed by atoms with Gasteiger partial charge in [-0.25, -0.2) is 0 Å². The van der Waals surface area contributed by atoms with Crippen LogP contribution in [0.1, 0.15) is 10.4 Å². The molecule has 1 heterocycles. The summed E-state index contributed by atoms with van der Waals surface area (Å²) in [7, 11) is 0. The number of carbonyl (C=O) groups excluding carboxylic acids is 1. The molecule has 68 valence electrons. The lowest BCUT2D eigenvalue weighted by Crippen LogP contribution is -1.92. The van der Waals surface area contributed by atoms with E-state index >= 15 is 0 Å². The molecule has 0 fully saturated rings. The Hall–Kier alpha value is -2.01. The third kappa shape index (κ3) is 1.29. The van der Waals surface area contributed by atoms with Crippen LogP contribution >= 0.6 is 0 Å². The third-order valence-electron chi connectivity index (χ3n) is 2.20. The Bertz CT molecular complexity index is 517. The fraction of sp³-hybridized carbons (Fsp3) is 0.0833. The highest BCUT2D eigenvalue weighted by atomic mass is 16.1. The van der Waals surface area contributed by atoms with Crippen LogP contribution in [0.15, 0.2) is 30.5 Å². The molecule has 1 aromatic carbocycles. The lowest BCUT2D eigenvalue weighted by atomic mass is 10.2. The van der Waals surface area contributed by atoms with Crippen LogP contribution in [0, 0.1) is 12.3 Å². The van der Waals surface area contributed by atoms with Crippen molar-refractivity contribution in [2.75, 3.05) is 0 Å². The molecule has 0 aliphatic carbocycles. The second-order valence-corrected chi connectivity index (χ2v) is 3.08. The molecule has 0 N–H and O–H groups in total. The molecule has 2 aromatic rings. The fourth-order valence-corrected chi connectivity index (χ4v) is 1.51. The Kier molecular flexibility index (Phi) is 2.08. The molecule has 0 radical (unpaired) electrons. The molecular formula is C12H9NO. The first kappa shape index (κ1) is 8.58. The maximum absolute atomic E-state index is 10.6. The quantitative estimate of drug-likeness (QED) is 0.516. The molecule has 0 spiro atoms. The molecule has 2 heteroatoms. The number of terminal acetylenes is 1. The molecule has 0 saturated carbocycles. The van der Waals surface area contributed by atoms with E-state index in [-0.39, 0.29) is 0 Å². The van der Waals surface area contributed by atoms with Gasteiger partial charge in [-0.15, -0.1) is 6.42 Å². The second-order valence-electron chi connectivity index (χ2n) is 3.08. The largest absolute Gasteiger partial charge is 0.336 e. The summed E-state index contributed by atoms with van der Waals surface area (Å²) in [6.07, 6.45) is 8.01. The molecule has 1 aromatic heterocycles. The van der Waals surface area contributed by atoms with E-state index in [2.05, 4.69) is 5.92 Å². The summed E-state index contributed by atoms with van der Waals surface area (Å²) in [4.78, 5) is 10.6. The van der Waals surface area contributed by atoms with Crippen molar-refractivity contribution in [2.24, 2.45) is 0 Å². The number of nitrogens with zero attached hydrogens (tertiary/aromatic N) is 1.